The second-order valence-corrected chi connectivity index (χ2v) is 4.86. The van der Waals surface area contributed by atoms with Crippen molar-refractivity contribution in [2.75, 3.05) is 19.6 Å². The smallest absolute Gasteiger partial charge is 0.0331 e. The van der Waals surface area contributed by atoms with Gasteiger partial charge in [-0.15, -0.1) is 0 Å². The van der Waals surface area contributed by atoms with E-state index >= 15 is 0 Å². The number of likely N-dealkylation sites (N-methyl/N-ethyl adjacent to an activating group) is 1. The monoisotopic (exact) mass is 228 g/mol. The number of unbranched alkanes of at least 4 members (excludes halogenated alkanes) is 1. The summed E-state index contributed by atoms with van der Waals surface area (Å²) in [5.74, 6) is 0. The molecule has 2 N–H and O–H groups in total. The van der Waals surface area contributed by atoms with Crippen molar-refractivity contribution in [3.8, 4) is 0 Å². The van der Waals surface area contributed by atoms with Gasteiger partial charge in [0.1, 0.15) is 0 Å². The summed E-state index contributed by atoms with van der Waals surface area (Å²) in [4.78, 5) is 2.63. The topological polar surface area (TPSA) is 29.3 Å². The van der Waals surface area contributed by atoms with Crippen molar-refractivity contribution < 1.29 is 0 Å². The lowest BCUT2D eigenvalue weighted by atomic mass is 9.86. The van der Waals surface area contributed by atoms with Crippen LogP contribution in [0.15, 0.2) is 0 Å². The third-order valence-electron chi connectivity index (χ3n) is 3.64. The molecule has 0 aromatic carbocycles. The quantitative estimate of drug-likeness (QED) is 0.621. The Balaban J connectivity index is 4.63. The van der Waals surface area contributed by atoms with Crippen LogP contribution in [-0.2, 0) is 0 Å². The van der Waals surface area contributed by atoms with Gasteiger partial charge in [-0.1, -0.05) is 47.0 Å². The fourth-order valence-corrected chi connectivity index (χ4v) is 2.78. The molecule has 0 bridgehead atoms. The molecular formula is C14H32N2. The number of nitrogens with two attached hydrogens (primary N) is 1. The Bertz CT molecular complexity index is 151. The molecule has 2 nitrogen and oxygen atoms in total. The van der Waals surface area contributed by atoms with Gasteiger partial charge < -0.3 is 5.73 Å². The van der Waals surface area contributed by atoms with E-state index < -0.39 is 0 Å². The van der Waals surface area contributed by atoms with Crippen molar-refractivity contribution in [1.82, 2.24) is 4.90 Å². The number of hydrogen-bond acceptors (Lipinski definition) is 2. The maximum Gasteiger partial charge on any atom is 0.0331 e. The van der Waals surface area contributed by atoms with Crippen LogP contribution in [0.2, 0.25) is 0 Å². The van der Waals surface area contributed by atoms with Crippen molar-refractivity contribution in [2.24, 2.45) is 5.73 Å². The fourth-order valence-electron chi connectivity index (χ4n) is 2.78. The van der Waals surface area contributed by atoms with E-state index in [9.17, 15) is 0 Å². The van der Waals surface area contributed by atoms with Crippen LogP contribution in [0.3, 0.4) is 0 Å². The summed E-state index contributed by atoms with van der Waals surface area (Å²) >= 11 is 0. The Morgan fingerprint density at radius 2 is 1.50 bits per heavy atom. The van der Waals surface area contributed by atoms with Gasteiger partial charge in [0.05, 0.1) is 0 Å². The second kappa shape index (κ2) is 9.00. The van der Waals surface area contributed by atoms with Crippen LogP contribution in [0.5, 0.6) is 0 Å². The second-order valence-electron chi connectivity index (χ2n) is 4.86. The molecule has 0 unspecified atom stereocenters. The van der Waals surface area contributed by atoms with Crippen LogP contribution >= 0.6 is 0 Å². The lowest BCUT2D eigenvalue weighted by molar-refractivity contribution is 0.0782. The predicted octanol–water partition coefficient (Wildman–Crippen LogP) is 3.41. The minimum Gasteiger partial charge on any atom is -0.329 e. The molecule has 0 saturated heterocycles. The Hall–Kier alpha value is -0.0800. The highest BCUT2D eigenvalue weighted by atomic mass is 15.2. The molecule has 0 aliphatic carbocycles. The van der Waals surface area contributed by atoms with Gasteiger partial charge in [-0.05, 0) is 32.4 Å². The van der Waals surface area contributed by atoms with E-state index in [4.69, 9.17) is 5.73 Å². The van der Waals surface area contributed by atoms with Gasteiger partial charge in [-0.25, -0.2) is 0 Å². The third-order valence-corrected chi connectivity index (χ3v) is 3.64. The molecule has 0 heterocycles. The van der Waals surface area contributed by atoms with Crippen molar-refractivity contribution in [1.29, 1.82) is 0 Å². The number of nitrogens with zero attached hydrogens (tertiary/aromatic N) is 1. The van der Waals surface area contributed by atoms with E-state index in [-0.39, 0.29) is 5.54 Å². The summed E-state index contributed by atoms with van der Waals surface area (Å²) in [6.07, 6.45) is 7.53. The molecule has 0 aromatic rings. The van der Waals surface area contributed by atoms with Crippen molar-refractivity contribution in [2.45, 2.75) is 71.8 Å². The molecule has 0 rings (SSSR count). The lowest BCUT2D eigenvalue weighted by Crippen LogP contribution is -2.54. The first-order chi connectivity index (χ1) is 7.70. The summed E-state index contributed by atoms with van der Waals surface area (Å²) in [5, 5.41) is 0. The van der Waals surface area contributed by atoms with Crippen LogP contribution in [0.4, 0.5) is 0 Å². The van der Waals surface area contributed by atoms with Gasteiger partial charge in [-0.2, -0.15) is 0 Å². The maximum atomic E-state index is 6.09. The van der Waals surface area contributed by atoms with Gasteiger partial charge in [0.2, 0.25) is 0 Å². The third kappa shape index (κ3) is 4.42. The highest BCUT2D eigenvalue weighted by Gasteiger charge is 2.32. The average molecular weight is 228 g/mol. The maximum absolute atomic E-state index is 6.09. The van der Waals surface area contributed by atoms with Crippen LogP contribution in [0.1, 0.15) is 66.2 Å². The fraction of sp³-hybridized carbons (Fsp3) is 1.00. The highest BCUT2D eigenvalue weighted by molar-refractivity contribution is 4.90. The molecule has 0 aliphatic rings. The van der Waals surface area contributed by atoms with Gasteiger partial charge in [-0.3, -0.25) is 4.90 Å². The zero-order valence-electron chi connectivity index (χ0n) is 11.9. The zero-order valence-corrected chi connectivity index (χ0v) is 11.9. The summed E-state index contributed by atoms with van der Waals surface area (Å²) < 4.78 is 0. The predicted molar refractivity (Wildman–Crippen MR) is 73.8 cm³/mol. The summed E-state index contributed by atoms with van der Waals surface area (Å²) in [6.45, 7) is 12.2. The first-order valence-corrected chi connectivity index (χ1v) is 7.15. The molecule has 2 heteroatoms. The Labute approximate surface area is 103 Å². The van der Waals surface area contributed by atoms with Crippen LogP contribution in [-0.4, -0.2) is 30.1 Å². The SMILES string of the molecule is CCCCN(CC)C(CN)(CCC)CCC. The van der Waals surface area contributed by atoms with E-state index in [1.165, 1.54) is 45.1 Å². The molecule has 0 radical (unpaired) electrons. The minimum atomic E-state index is 0.271. The lowest BCUT2D eigenvalue weighted by Gasteiger charge is -2.43. The van der Waals surface area contributed by atoms with Gasteiger partial charge >= 0.3 is 0 Å². The summed E-state index contributed by atoms with van der Waals surface area (Å²) in [5.41, 5.74) is 6.36. The Kier molecular flexibility index (Phi) is 8.96. The van der Waals surface area contributed by atoms with Crippen LogP contribution < -0.4 is 5.73 Å². The average Bonchev–Trinajstić information content (AvgIpc) is 2.30. The largest absolute Gasteiger partial charge is 0.329 e. The van der Waals surface area contributed by atoms with Gasteiger partial charge in [0, 0.05) is 12.1 Å². The first-order valence-electron chi connectivity index (χ1n) is 7.15. The van der Waals surface area contributed by atoms with Crippen molar-refractivity contribution in [3.63, 3.8) is 0 Å². The minimum absolute atomic E-state index is 0.271. The Morgan fingerprint density at radius 1 is 0.938 bits per heavy atom. The van der Waals surface area contributed by atoms with E-state index in [0.717, 1.165) is 13.1 Å². The highest BCUT2D eigenvalue weighted by Crippen LogP contribution is 2.26. The van der Waals surface area contributed by atoms with Gasteiger partial charge in [0.15, 0.2) is 0 Å². The van der Waals surface area contributed by atoms with Crippen LogP contribution in [0.25, 0.3) is 0 Å². The standard InChI is InChI=1S/C14H32N2/c1-5-9-12-16(8-4)14(13-15,10-6-2)11-7-3/h5-13,15H2,1-4H3. The van der Waals surface area contributed by atoms with E-state index in [1.54, 1.807) is 0 Å². The van der Waals surface area contributed by atoms with Crippen molar-refractivity contribution in [3.05, 3.63) is 0 Å². The van der Waals surface area contributed by atoms with Crippen molar-refractivity contribution >= 4 is 0 Å². The normalized spacial score (nSPS) is 12.4. The zero-order chi connectivity index (χ0) is 12.4. The molecule has 16 heavy (non-hydrogen) atoms. The molecular weight excluding hydrogens is 196 g/mol. The van der Waals surface area contributed by atoms with E-state index in [0.29, 0.717) is 0 Å². The van der Waals surface area contributed by atoms with Crippen LogP contribution in [0, 0.1) is 0 Å². The number of hydrogen-bond donors (Lipinski definition) is 1. The van der Waals surface area contributed by atoms with E-state index in [2.05, 4.69) is 32.6 Å². The summed E-state index contributed by atoms with van der Waals surface area (Å²) in [6, 6.07) is 0. The molecule has 0 aromatic heterocycles. The molecule has 0 fully saturated rings. The molecule has 98 valence electrons. The molecule has 0 aliphatic heterocycles. The summed E-state index contributed by atoms with van der Waals surface area (Å²) in [7, 11) is 0. The number of rotatable bonds is 10. The molecule has 0 amide bonds. The first kappa shape index (κ1) is 15.9. The molecule has 0 spiro atoms. The Morgan fingerprint density at radius 3 is 1.81 bits per heavy atom. The van der Waals surface area contributed by atoms with Gasteiger partial charge in [0.25, 0.3) is 0 Å². The van der Waals surface area contributed by atoms with E-state index in [1.807, 2.05) is 0 Å². The molecule has 0 atom stereocenters. The molecule has 0 saturated carbocycles.